The first-order valence-electron chi connectivity index (χ1n) is 12.0. The predicted molar refractivity (Wildman–Crippen MR) is 135 cm³/mol. The van der Waals surface area contributed by atoms with E-state index in [0.717, 1.165) is 73.9 Å². The highest BCUT2D eigenvalue weighted by Crippen LogP contribution is 2.34. The third-order valence-electron chi connectivity index (χ3n) is 6.64. The number of aromatic nitrogens is 1. The predicted octanol–water partition coefficient (Wildman–Crippen LogP) is 7.34. The maximum absolute atomic E-state index is 13.0. The van der Waals surface area contributed by atoms with E-state index in [2.05, 4.69) is 20.1 Å². The summed E-state index contributed by atoms with van der Waals surface area (Å²) >= 11 is 0. The van der Waals surface area contributed by atoms with Gasteiger partial charge in [0, 0.05) is 61.4 Å². The van der Waals surface area contributed by atoms with Gasteiger partial charge in [-0.15, -0.1) is 0 Å². The molecule has 0 atom stereocenters. The standard InChI is InChI=1S/C28H24F6N4/c29-27(30,31)20-3-8-23(9-4-20)38-15-13-37(14-16-38)18-19-1-6-22(7-2-19)36-25-11-12-35-26-17-21(28(32,33)34)5-10-24(25)26/h1-12,17H,13-16,18H2,(H,35,36). The molecule has 1 fully saturated rings. The zero-order valence-corrected chi connectivity index (χ0v) is 20.2. The van der Waals surface area contributed by atoms with Gasteiger partial charge in [0.2, 0.25) is 0 Å². The Morgan fingerprint density at radius 2 is 1.34 bits per heavy atom. The number of benzene rings is 3. The molecular weight excluding hydrogens is 506 g/mol. The van der Waals surface area contributed by atoms with Crippen molar-refractivity contribution >= 4 is 28.0 Å². The smallest absolute Gasteiger partial charge is 0.369 e. The van der Waals surface area contributed by atoms with E-state index in [-0.39, 0.29) is 5.52 Å². The number of fused-ring (bicyclic) bond motifs is 1. The lowest BCUT2D eigenvalue weighted by Gasteiger charge is -2.36. The van der Waals surface area contributed by atoms with E-state index >= 15 is 0 Å². The van der Waals surface area contributed by atoms with E-state index in [1.807, 2.05) is 24.3 Å². The first-order valence-corrected chi connectivity index (χ1v) is 12.0. The number of nitrogens with one attached hydrogen (secondary N) is 1. The summed E-state index contributed by atoms with van der Waals surface area (Å²) in [6.45, 7) is 3.74. The second kappa shape index (κ2) is 10.2. The van der Waals surface area contributed by atoms with Gasteiger partial charge < -0.3 is 10.2 Å². The second-order valence-electron chi connectivity index (χ2n) is 9.22. The summed E-state index contributed by atoms with van der Waals surface area (Å²) < 4.78 is 77.5. The molecular formula is C28H24F6N4. The van der Waals surface area contributed by atoms with Crippen molar-refractivity contribution in [3.8, 4) is 0 Å². The summed E-state index contributed by atoms with van der Waals surface area (Å²) in [5.74, 6) is 0. The highest BCUT2D eigenvalue weighted by Gasteiger charge is 2.31. The summed E-state index contributed by atoms with van der Waals surface area (Å²) in [6.07, 6.45) is -7.29. The topological polar surface area (TPSA) is 31.4 Å². The normalized spacial score (nSPS) is 15.2. The molecule has 2 heterocycles. The minimum absolute atomic E-state index is 0.261. The number of pyridine rings is 1. The number of halogens is 6. The van der Waals surface area contributed by atoms with Crippen molar-refractivity contribution in [3.63, 3.8) is 0 Å². The van der Waals surface area contributed by atoms with Crippen LogP contribution in [0.25, 0.3) is 10.9 Å². The Kier molecular flexibility index (Phi) is 6.92. The van der Waals surface area contributed by atoms with E-state index in [0.29, 0.717) is 11.1 Å². The van der Waals surface area contributed by atoms with Gasteiger partial charge in [-0.05, 0) is 60.2 Å². The first kappa shape index (κ1) is 25.8. The van der Waals surface area contributed by atoms with Crippen molar-refractivity contribution < 1.29 is 26.3 Å². The largest absolute Gasteiger partial charge is 0.416 e. The fourth-order valence-corrected chi connectivity index (χ4v) is 4.57. The Morgan fingerprint density at radius 1 is 0.711 bits per heavy atom. The number of hydrogen-bond acceptors (Lipinski definition) is 4. The third kappa shape index (κ3) is 5.85. The van der Waals surface area contributed by atoms with Crippen molar-refractivity contribution in [2.45, 2.75) is 18.9 Å². The number of piperazine rings is 1. The Balaban J connectivity index is 1.18. The summed E-state index contributed by atoms with van der Waals surface area (Å²) in [7, 11) is 0. The van der Waals surface area contributed by atoms with E-state index in [9.17, 15) is 26.3 Å². The van der Waals surface area contributed by atoms with Crippen LogP contribution in [0.2, 0.25) is 0 Å². The fourth-order valence-electron chi connectivity index (χ4n) is 4.57. The van der Waals surface area contributed by atoms with Crippen LogP contribution in [0, 0.1) is 0 Å². The molecule has 0 unspecified atom stereocenters. The molecule has 0 saturated carbocycles. The Bertz CT molecular complexity index is 1390. The van der Waals surface area contributed by atoms with E-state index < -0.39 is 23.5 Å². The highest BCUT2D eigenvalue weighted by molar-refractivity contribution is 5.93. The average molecular weight is 531 g/mol. The Labute approximate surface area is 215 Å². The number of alkyl halides is 6. The SMILES string of the molecule is FC(F)(F)c1ccc(N2CCN(Cc3ccc(Nc4ccnc5cc(C(F)(F)F)ccc45)cc3)CC2)cc1. The molecule has 0 amide bonds. The lowest BCUT2D eigenvalue weighted by Crippen LogP contribution is -2.45. The van der Waals surface area contributed by atoms with E-state index in [4.69, 9.17) is 0 Å². The van der Waals surface area contributed by atoms with Gasteiger partial charge in [0.05, 0.1) is 16.6 Å². The van der Waals surface area contributed by atoms with Crippen LogP contribution in [0.3, 0.4) is 0 Å². The van der Waals surface area contributed by atoms with Crippen molar-refractivity contribution in [3.05, 3.63) is 95.7 Å². The van der Waals surface area contributed by atoms with Crippen LogP contribution in [0.1, 0.15) is 16.7 Å². The molecule has 0 spiro atoms. The second-order valence-corrected chi connectivity index (χ2v) is 9.22. The maximum Gasteiger partial charge on any atom is 0.416 e. The van der Waals surface area contributed by atoms with Crippen molar-refractivity contribution in [2.24, 2.45) is 0 Å². The molecule has 4 aromatic rings. The molecule has 1 saturated heterocycles. The van der Waals surface area contributed by atoms with E-state index in [1.54, 1.807) is 6.07 Å². The van der Waals surface area contributed by atoms with Crippen LogP contribution in [0.5, 0.6) is 0 Å². The van der Waals surface area contributed by atoms with Crippen molar-refractivity contribution in [1.82, 2.24) is 9.88 Å². The number of anilines is 3. The molecule has 1 aliphatic heterocycles. The lowest BCUT2D eigenvalue weighted by molar-refractivity contribution is -0.138. The van der Waals surface area contributed by atoms with Crippen LogP contribution in [0.4, 0.5) is 43.4 Å². The minimum atomic E-state index is -4.43. The summed E-state index contributed by atoms with van der Waals surface area (Å²) in [4.78, 5) is 8.45. The minimum Gasteiger partial charge on any atom is -0.369 e. The monoisotopic (exact) mass is 530 g/mol. The fraction of sp³-hybridized carbons (Fsp3) is 0.250. The number of nitrogens with zero attached hydrogens (tertiary/aromatic N) is 3. The zero-order chi connectivity index (χ0) is 26.9. The van der Waals surface area contributed by atoms with Gasteiger partial charge in [0.15, 0.2) is 0 Å². The van der Waals surface area contributed by atoms with Gasteiger partial charge in [-0.2, -0.15) is 26.3 Å². The van der Waals surface area contributed by atoms with Crippen LogP contribution in [-0.2, 0) is 18.9 Å². The molecule has 5 rings (SSSR count). The number of hydrogen-bond donors (Lipinski definition) is 1. The van der Waals surface area contributed by atoms with Crippen LogP contribution in [0.15, 0.2) is 79.0 Å². The molecule has 38 heavy (non-hydrogen) atoms. The molecule has 3 aromatic carbocycles. The van der Waals surface area contributed by atoms with Gasteiger partial charge >= 0.3 is 12.4 Å². The Hall–Kier alpha value is -3.79. The van der Waals surface area contributed by atoms with Crippen LogP contribution in [-0.4, -0.2) is 36.1 Å². The molecule has 0 bridgehead atoms. The molecule has 10 heteroatoms. The van der Waals surface area contributed by atoms with Crippen LogP contribution < -0.4 is 10.2 Å². The summed E-state index contributed by atoms with van der Waals surface area (Å²) in [5.41, 5.74) is 2.23. The third-order valence-corrected chi connectivity index (χ3v) is 6.64. The number of rotatable bonds is 5. The van der Waals surface area contributed by atoms with E-state index in [1.165, 1.54) is 24.4 Å². The van der Waals surface area contributed by atoms with Gasteiger partial charge in [-0.1, -0.05) is 18.2 Å². The van der Waals surface area contributed by atoms with Crippen molar-refractivity contribution in [1.29, 1.82) is 0 Å². The molecule has 0 radical (unpaired) electrons. The molecule has 1 N–H and O–H groups in total. The van der Waals surface area contributed by atoms with Gasteiger partial charge in [0.1, 0.15) is 0 Å². The average Bonchev–Trinajstić information content (AvgIpc) is 2.89. The molecule has 1 aliphatic rings. The zero-order valence-electron chi connectivity index (χ0n) is 20.2. The quantitative estimate of drug-likeness (QED) is 0.274. The van der Waals surface area contributed by atoms with Crippen LogP contribution >= 0.6 is 0 Å². The molecule has 198 valence electrons. The summed E-state index contributed by atoms with van der Waals surface area (Å²) in [5, 5.41) is 3.85. The van der Waals surface area contributed by atoms with Crippen molar-refractivity contribution in [2.75, 3.05) is 36.4 Å². The first-order chi connectivity index (χ1) is 18.1. The maximum atomic E-state index is 13.0. The lowest BCUT2D eigenvalue weighted by atomic mass is 10.1. The highest BCUT2D eigenvalue weighted by atomic mass is 19.4. The molecule has 4 nitrogen and oxygen atoms in total. The Morgan fingerprint density at radius 3 is 1.97 bits per heavy atom. The van der Waals surface area contributed by atoms with Gasteiger partial charge in [0.25, 0.3) is 0 Å². The molecule has 0 aliphatic carbocycles. The molecule has 1 aromatic heterocycles. The van der Waals surface area contributed by atoms with Gasteiger partial charge in [-0.25, -0.2) is 0 Å². The van der Waals surface area contributed by atoms with Gasteiger partial charge in [-0.3, -0.25) is 9.88 Å². The summed E-state index contributed by atoms with van der Waals surface area (Å²) in [6, 6.07) is 18.3.